The molecule has 0 amide bonds. The van der Waals surface area contributed by atoms with Crippen molar-refractivity contribution in [3.05, 3.63) is 33.3 Å². The minimum Gasteiger partial charge on any atom is -0.330 e. The quantitative estimate of drug-likeness (QED) is 0.880. The van der Waals surface area contributed by atoms with Crippen LogP contribution in [0.4, 0.5) is 0 Å². The second kappa shape index (κ2) is 3.76. The van der Waals surface area contributed by atoms with E-state index in [0.29, 0.717) is 17.3 Å². The normalized spacial score (nSPS) is 27.8. The Kier molecular flexibility index (Phi) is 2.87. The molecule has 2 rings (SSSR count). The lowest BCUT2D eigenvalue weighted by Crippen LogP contribution is -2.05. The van der Waals surface area contributed by atoms with Crippen molar-refractivity contribution < 1.29 is 0 Å². The lowest BCUT2D eigenvalue weighted by Gasteiger charge is -2.06. The van der Waals surface area contributed by atoms with Crippen LogP contribution in [0.3, 0.4) is 0 Å². The molecule has 0 spiro atoms. The zero-order valence-electron chi connectivity index (χ0n) is 8.93. The topological polar surface area (TPSA) is 26.0 Å². The first-order chi connectivity index (χ1) is 6.98. The van der Waals surface area contributed by atoms with Crippen LogP contribution >= 0.6 is 27.5 Å². The Labute approximate surface area is 104 Å². The van der Waals surface area contributed by atoms with Crippen LogP contribution in [-0.4, -0.2) is 6.54 Å². The van der Waals surface area contributed by atoms with Gasteiger partial charge in [-0.15, -0.1) is 0 Å². The van der Waals surface area contributed by atoms with Crippen molar-refractivity contribution in [2.24, 2.45) is 17.1 Å². The van der Waals surface area contributed by atoms with E-state index in [9.17, 15) is 0 Å². The molecule has 2 atom stereocenters. The highest BCUT2D eigenvalue weighted by molar-refractivity contribution is 9.10. The Morgan fingerprint density at radius 2 is 2.13 bits per heavy atom. The molecular formula is C12H15BrClN. The predicted octanol–water partition coefficient (Wildman–Crippen LogP) is 3.80. The minimum absolute atomic E-state index is 0.298. The van der Waals surface area contributed by atoms with Crippen LogP contribution in [-0.2, 0) is 0 Å². The molecule has 1 nitrogen and oxygen atoms in total. The Morgan fingerprint density at radius 3 is 2.60 bits per heavy atom. The fourth-order valence-electron chi connectivity index (χ4n) is 2.56. The molecule has 1 fully saturated rings. The highest BCUT2D eigenvalue weighted by Gasteiger charge is 2.57. The van der Waals surface area contributed by atoms with Crippen molar-refractivity contribution in [2.45, 2.75) is 19.8 Å². The van der Waals surface area contributed by atoms with Gasteiger partial charge in [-0.2, -0.15) is 0 Å². The average Bonchev–Trinajstić information content (AvgIpc) is 2.68. The fourth-order valence-corrected chi connectivity index (χ4v) is 3.35. The van der Waals surface area contributed by atoms with Gasteiger partial charge in [0.15, 0.2) is 0 Å². The largest absolute Gasteiger partial charge is 0.330 e. The molecule has 0 bridgehead atoms. The Morgan fingerprint density at radius 1 is 1.47 bits per heavy atom. The first kappa shape index (κ1) is 11.4. The van der Waals surface area contributed by atoms with Gasteiger partial charge in [0.25, 0.3) is 0 Å². The summed E-state index contributed by atoms with van der Waals surface area (Å²) in [5.41, 5.74) is 7.30. The lowest BCUT2D eigenvalue weighted by atomic mass is 10.0. The van der Waals surface area contributed by atoms with Crippen molar-refractivity contribution in [3.63, 3.8) is 0 Å². The molecule has 0 unspecified atom stereocenters. The van der Waals surface area contributed by atoms with Gasteiger partial charge in [0.05, 0.1) is 0 Å². The maximum absolute atomic E-state index is 6.24. The predicted molar refractivity (Wildman–Crippen MR) is 68.2 cm³/mol. The molecule has 0 saturated heterocycles. The Balaban J connectivity index is 2.33. The van der Waals surface area contributed by atoms with Gasteiger partial charge in [0.2, 0.25) is 0 Å². The second-order valence-electron chi connectivity index (χ2n) is 4.81. The van der Waals surface area contributed by atoms with Crippen molar-refractivity contribution in [1.82, 2.24) is 0 Å². The zero-order chi connectivity index (χ0) is 11.2. The highest BCUT2D eigenvalue weighted by atomic mass is 79.9. The van der Waals surface area contributed by atoms with E-state index in [1.165, 1.54) is 5.56 Å². The Hall–Kier alpha value is -0.0500. The van der Waals surface area contributed by atoms with Crippen molar-refractivity contribution in [3.8, 4) is 0 Å². The van der Waals surface area contributed by atoms with Crippen LogP contribution < -0.4 is 5.73 Å². The van der Waals surface area contributed by atoms with Gasteiger partial charge in [-0.25, -0.2) is 0 Å². The lowest BCUT2D eigenvalue weighted by molar-refractivity contribution is 0.558. The zero-order valence-corrected chi connectivity index (χ0v) is 11.3. The molecule has 1 aromatic carbocycles. The van der Waals surface area contributed by atoms with Crippen LogP contribution in [0.1, 0.15) is 25.3 Å². The van der Waals surface area contributed by atoms with E-state index < -0.39 is 0 Å². The summed E-state index contributed by atoms with van der Waals surface area (Å²) in [6.45, 7) is 5.26. The average molecular weight is 289 g/mol. The summed E-state index contributed by atoms with van der Waals surface area (Å²) in [6, 6.07) is 6.11. The summed E-state index contributed by atoms with van der Waals surface area (Å²) in [6.07, 6.45) is 0. The number of nitrogens with two attached hydrogens (primary N) is 1. The van der Waals surface area contributed by atoms with Crippen molar-refractivity contribution in [1.29, 1.82) is 0 Å². The van der Waals surface area contributed by atoms with Gasteiger partial charge in [-0.05, 0) is 41.5 Å². The Bertz CT molecular complexity index is 389. The smallest absolute Gasteiger partial charge is 0.0452 e. The van der Waals surface area contributed by atoms with Gasteiger partial charge in [0, 0.05) is 9.50 Å². The van der Waals surface area contributed by atoms with E-state index in [4.69, 9.17) is 17.3 Å². The molecule has 2 N–H and O–H groups in total. The van der Waals surface area contributed by atoms with Gasteiger partial charge in [-0.3, -0.25) is 0 Å². The van der Waals surface area contributed by atoms with Crippen LogP contribution in [0.15, 0.2) is 22.7 Å². The van der Waals surface area contributed by atoms with Crippen LogP contribution in [0.5, 0.6) is 0 Å². The van der Waals surface area contributed by atoms with E-state index >= 15 is 0 Å². The number of hydrogen-bond acceptors (Lipinski definition) is 1. The molecule has 1 aliphatic carbocycles. The van der Waals surface area contributed by atoms with Crippen LogP contribution in [0.25, 0.3) is 0 Å². The fraction of sp³-hybridized carbons (Fsp3) is 0.500. The number of halogens is 2. The first-order valence-electron chi connectivity index (χ1n) is 5.13. The molecule has 1 saturated carbocycles. The summed E-state index contributed by atoms with van der Waals surface area (Å²) >= 11 is 9.66. The monoisotopic (exact) mass is 287 g/mol. The molecule has 82 valence electrons. The van der Waals surface area contributed by atoms with E-state index in [-0.39, 0.29) is 0 Å². The van der Waals surface area contributed by atoms with Crippen molar-refractivity contribution in [2.75, 3.05) is 6.54 Å². The van der Waals surface area contributed by atoms with Crippen LogP contribution in [0.2, 0.25) is 5.02 Å². The molecule has 1 aromatic rings. The summed E-state index contributed by atoms with van der Waals surface area (Å²) in [5.74, 6) is 1.08. The molecule has 0 radical (unpaired) electrons. The van der Waals surface area contributed by atoms with E-state index in [1.807, 2.05) is 12.1 Å². The molecule has 0 heterocycles. The third-order valence-corrected chi connectivity index (χ3v) is 4.42. The van der Waals surface area contributed by atoms with E-state index in [0.717, 1.165) is 16.0 Å². The maximum Gasteiger partial charge on any atom is 0.0452 e. The molecule has 15 heavy (non-hydrogen) atoms. The molecule has 0 aliphatic heterocycles. The molecule has 0 aromatic heterocycles. The van der Waals surface area contributed by atoms with Crippen molar-refractivity contribution >= 4 is 27.5 Å². The summed E-state index contributed by atoms with van der Waals surface area (Å²) < 4.78 is 1.03. The third-order valence-electron chi connectivity index (χ3n) is 3.60. The number of benzene rings is 1. The number of hydrogen-bond donors (Lipinski definition) is 1. The van der Waals surface area contributed by atoms with E-state index in [2.05, 4.69) is 35.8 Å². The number of rotatable bonds is 2. The van der Waals surface area contributed by atoms with Gasteiger partial charge in [-0.1, -0.05) is 47.4 Å². The molecular weight excluding hydrogens is 273 g/mol. The van der Waals surface area contributed by atoms with Gasteiger partial charge < -0.3 is 5.73 Å². The standard InChI is InChI=1S/C12H15BrClN/c1-12(2)9(6-15)11(12)8-4-3-7(13)5-10(8)14/h3-5,9,11H,6,15H2,1-2H3/t9-,11-/m1/s1. The summed E-state index contributed by atoms with van der Waals surface area (Å²) in [5, 5.41) is 0.846. The van der Waals surface area contributed by atoms with Crippen LogP contribution in [0, 0.1) is 11.3 Å². The molecule has 3 heteroatoms. The first-order valence-corrected chi connectivity index (χ1v) is 6.30. The summed E-state index contributed by atoms with van der Waals surface area (Å²) in [4.78, 5) is 0. The van der Waals surface area contributed by atoms with Gasteiger partial charge in [0.1, 0.15) is 0 Å². The van der Waals surface area contributed by atoms with Gasteiger partial charge >= 0.3 is 0 Å². The van der Waals surface area contributed by atoms with E-state index in [1.54, 1.807) is 0 Å². The molecule has 1 aliphatic rings. The maximum atomic E-state index is 6.24. The second-order valence-corrected chi connectivity index (χ2v) is 6.13. The third kappa shape index (κ3) is 1.83. The SMILES string of the molecule is CC1(C)[C@H](CN)[C@H]1c1ccc(Br)cc1Cl. The highest BCUT2D eigenvalue weighted by Crippen LogP contribution is 2.64. The minimum atomic E-state index is 0.298. The summed E-state index contributed by atoms with van der Waals surface area (Å²) in [7, 11) is 0.